The van der Waals surface area contributed by atoms with E-state index in [0.29, 0.717) is 16.5 Å². The lowest BCUT2D eigenvalue weighted by molar-refractivity contribution is 0.0522. The van der Waals surface area contributed by atoms with E-state index in [4.69, 9.17) is 16.3 Å². The van der Waals surface area contributed by atoms with Crippen molar-refractivity contribution in [2.45, 2.75) is 39.8 Å². The van der Waals surface area contributed by atoms with Gasteiger partial charge in [0, 0.05) is 0 Å². The molecule has 0 radical (unpaired) electrons. The zero-order chi connectivity index (χ0) is 14.9. The smallest absolute Gasteiger partial charge is 0.408 e. The van der Waals surface area contributed by atoms with Crippen LogP contribution in [-0.2, 0) is 11.3 Å². The third-order valence-corrected chi connectivity index (χ3v) is 2.83. The summed E-state index contributed by atoms with van der Waals surface area (Å²) in [6.45, 7) is 7.48. The van der Waals surface area contributed by atoms with Crippen LogP contribution >= 0.6 is 11.6 Å². The molecule has 0 aliphatic heterocycles. The molecule has 1 amide bonds. The number of halogens is 1. The third kappa shape index (κ3) is 3.60. The van der Waals surface area contributed by atoms with E-state index in [1.54, 1.807) is 6.07 Å². The SMILES string of the molecule is Cc1nc2nc(CNC(=O)OC(C)(C)C)[nH]c2cc1Cl. The summed E-state index contributed by atoms with van der Waals surface area (Å²) in [5.41, 5.74) is 1.51. The van der Waals surface area contributed by atoms with Crippen LogP contribution in [0.1, 0.15) is 32.3 Å². The molecule has 108 valence electrons. The van der Waals surface area contributed by atoms with Crippen molar-refractivity contribution in [2.24, 2.45) is 0 Å². The van der Waals surface area contributed by atoms with E-state index < -0.39 is 11.7 Å². The first-order valence-electron chi connectivity index (χ1n) is 6.23. The van der Waals surface area contributed by atoms with Gasteiger partial charge < -0.3 is 15.0 Å². The highest BCUT2D eigenvalue weighted by molar-refractivity contribution is 6.31. The minimum absolute atomic E-state index is 0.238. The number of amides is 1. The number of hydrogen-bond donors (Lipinski definition) is 2. The fourth-order valence-corrected chi connectivity index (χ4v) is 1.76. The van der Waals surface area contributed by atoms with Crippen LogP contribution < -0.4 is 5.32 Å². The van der Waals surface area contributed by atoms with Crippen LogP contribution in [0.25, 0.3) is 11.2 Å². The second kappa shape index (κ2) is 5.28. The van der Waals surface area contributed by atoms with Crippen LogP contribution in [0.2, 0.25) is 5.02 Å². The number of ether oxygens (including phenoxy) is 1. The maximum absolute atomic E-state index is 11.5. The monoisotopic (exact) mass is 296 g/mol. The number of fused-ring (bicyclic) bond motifs is 1. The van der Waals surface area contributed by atoms with Gasteiger partial charge in [-0.25, -0.2) is 14.8 Å². The molecule has 2 rings (SSSR count). The lowest BCUT2D eigenvalue weighted by atomic mass is 10.2. The molecule has 0 unspecified atom stereocenters. The molecule has 2 N–H and O–H groups in total. The summed E-state index contributed by atoms with van der Waals surface area (Å²) < 4.78 is 5.14. The van der Waals surface area contributed by atoms with Gasteiger partial charge in [-0.15, -0.1) is 0 Å². The van der Waals surface area contributed by atoms with Gasteiger partial charge in [-0.05, 0) is 33.8 Å². The summed E-state index contributed by atoms with van der Waals surface area (Å²) in [6.07, 6.45) is -0.486. The van der Waals surface area contributed by atoms with Crippen LogP contribution in [0.5, 0.6) is 0 Å². The van der Waals surface area contributed by atoms with E-state index in [0.717, 1.165) is 11.2 Å². The molecule has 0 aliphatic carbocycles. The molecule has 2 heterocycles. The standard InChI is InChI=1S/C13H17ClN4O2/c1-7-8(14)5-9-11(16-7)18-10(17-9)6-15-12(19)20-13(2,3)4/h5H,6H2,1-4H3,(H,15,19)(H,16,17,18). The van der Waals surface area contributed by atoms with E-state index in [2.05, 4.69) is 20.3 Å². The van der Waals surface area contributed by atoms with Gasteiger partial charge in [0.2, 0.25) is 0 Å². The number of H-pyrrole nitrogens is 1. The molecule has 0 aliphatic rings. The second-order valence-electron chi connectivity index (χ2n) is 5.47. The molecule has 6 nitrogen and oxygen atoms in total. The van der Waals surface area contributed by atoms with Crippen LogP contribution in [0.4, 0.5) is 4.79 Å². The van der Waals surface area contributed by atoms with Gasteiger partial charge in [-0.3, -0.25) is 0 Å². The molecule has 0 saturated heterocycles. The number of aromatic amines is 1. The lowest BCUT2D eigenvalue weighted by Crippen LogP contribution is -2.32. The highest BCUT2D eigenvalue weighted by Crippen LogP contribution is 2.18. The molecule has 20 heavy (non-hydrogen) atoms. The Hall–Kier alpha value is -1.82. The van der Waals surface area contributed by atoms with Crippen LogP contribution in [0.15, 0.2) is 6.07 Å². The average Bonchev–Trinajstić information content (AvgIpc) is 2.67. The number of carbonyl (C=O) groups excluding carboxylic acids is 1. The van der Waals surface area contributed by atoms with Crippen molar-refractivity contribution in [3.8, 4) is 0 Å². The number of aryl methyl sites for hydroxylation is 1. The van der Waals surface area contributed by atoms with E-state index >= 15 is 0 Å². The molecule has 2 aromatic rings. The Morgan fingerprint density at radius 1 is 1.45 bits per heavy atom. The molecule has 2 aromatic heterocycles. The normalized spacial score (nSPS) is 11.7. The Morgan fingerprint density at radius 2 is 2.15 bits per heavy atom. The Bertz CT molecular complexity index is 607. The van der Waals surface area contributed by atoms with Crippen molar-refractivity contribution in [2.75, 3.05) is 0 Å². The number of aromatic nitrogens is 3. The minimum Gasteiger partial charge on any atom is -0.444 e. The molecule has 0 spiro atoms. The van der Waals surface area contributed by atoms with Crippen molar-refractivity contribution in [1.29, 1.82) is 0 Å². The number of nitrogens with zero attached hydrogens (tertiary/aromatic N) is 2. The Labute approximate surface area is 121 Å². The van der Waals surface area contributed by atoms with Gasteiger partial charge in [0.05, 0.1) is 22.8 Å². The summed E-state index contributed by atoms with van der Waals surface area (Å²) in [4.78, 5) is 23.1. The number of nitrogens with one attached hydrogen (secondary N) is 2. The van der Waals surface area contributed by atoms with Gasteiger partial charge in [0.1, 0.15) is 11.4 Å². The first-order valence-corrected chi connectivity index (χ1v) is 6.61. The van der Waals surface area contributed by atoms with E-state index in [9.17, 15) is 4.79 Å². The highest BCUT2D eigenvalue weighted by atomic mass is 35.5. The van der Waals surface area contributed by atoms with Gasteiger partial charge in [0.25, 0.3) is 0 Å². The predicted octanol–water partition coefficient (Wildman–Crippen LogP) is 2.94. The second-order valence-corrected chi connectivity index (χ2v) is 5.87. The molecular formula is C13H17ClN4O2. The molecule has 7 heteroatoms. The zero-order valence-electron chi connectivity index (χ0n) is 11.9. The highest BCUT2D eigenvalue weighted by Gasteiger charge is 2.16. The maximum atomic E-state index is 11.5. The van der Waals surface area contributed by atoms with Crippen LogP contribution in [0, 0.1) is 6.92 Å². The number of rotatable bonds is 2. The fourth-order valence-electron chi connectivity index (χ4n) is 1.61. The van der Waals surface area contributed by atoms with E-state index in [1.807, 2.05) is 27.7 Å². The number of pyridine rings is 1. The maximum Gasteiger partial charge on any atom is 0.408 e. The number of carbonyl (C=O) groups is 1. The molecule has 0 fully saturated rings. The topological polar surface area (TPSA) is 79.9 Å². The van der Waals surface area contributed by atoms with Gasteiger partial charge in [-0.2, -0.15) is 0 Å². The first kappa shape index (κ1) is 14.6. The van der Waals surface area contributed by atoms with Crippen LogP contribution in [-0.4, -0.2) is 26.6 Å². The zero-order valence-corrected chi connectivity index (χ0v) is 12.6. The van der Waals surface area contributed by atoms with Gasteiger partial charge in [-0.1, -0.05) is 11.6 Å². The first-order chi connectivity index (χ1) is 9.24. The summed E-state index contributed by atoms with van der Waals surface area (Å²) in [6, 6.07) is 1.77. The Balaban J connectivity index is 2.05. The van der Waals surface area contributed by atoms with Gasteiger partial charge in [0.15, 0.2) is 5.65 Å². The van der Waals surface area contributed by atoms with Crippen molar-refractivity contribution in [1.82, 2.24) is 20.3 Å². The number of hydrogen-bond acceptors (Lipinski definition) is 4. The quantitative estimate of drug-likeness (QED) is 0.893. The van der Waals surface area contributed by atoms with E-state index in [-0.39, 0.29) is 6.54 Å². The third-order valence-electron chi connectivity index (χ3n) is 2.45. The van der Waals surface area contributed by atoms with Crippen molar-refractivity contribution in [3.63, 3.8) is 0 Å². The summed E-state index contributed by atoms with van der Waals surface area (Å²) >= 11 is 6.00. The minimum atomic E-state index is -0.524. The van der Waals surface area contributed by atoms with Gasteiger partial charge >= 0.3 is 6.09 Å². The molecule has 0 saturated carbocycles. The van der Waals surface area contributed by atoms with Crippen LogP contribution in [0.3, 0.4) is 0 Å². The average molecular weight is 297 g/mol. The number of imidazole rings is 1. The van der Waals surface area contributed by atoms with Crippen molar-refractivity contribution < 1.29 is 9.53 Å². The summed E-state index contributed by atoms with van der Waals surface area (Å²) in [5.74, 6) is 0.597. The Morgan fingerprint density at radius 3 is 2.80 bits per heavy atom. The molecule has 0 bridgehead atoms. The Kier molecular flexibility index (Phi) is 3.85. The molecule has 0 atom stereocenters. The summed E-state index contributed by atoms with van der Waals surface area (Å²) in [5, 5.41) is 3.21. The molecule has 0 aromatic carbocycles. The molecular weight excluding hydrogens is 280 g/mol. The lowest BCUT2D eigenvalue weighted by Gasteiger charge is -2.19. The largest absolute Gasteiger partial charge is 0.444 e. The summed E-state index contributed by atoms with van der Waals surface area (Å²) in [7, 11) is 0. The fraction of sp³-hybridized carbons (Fsp3) is 0.462. The van der Waals surface area contributed by atoms with E-state index in [1.165, 1.54) is 0 Å². The van der Waals surface area contributed by atoms with Crippen molar-refractivity contribution >= 4 is 28.9 Å². The van der Waals surface area contributed by atoms with Crippen molar-refractivity contribution in [3.05, 3.63) is 22.6 Å². The predicted molar refractivity (Wildman–Crippen MR) is 76.7 cm³/mol. The number of alkyl carbamates (subject to hydrolysis) is 1.